The predicted molar refractivity (Wildman–Crippen MR) is 91.3 cm³/mol. The van der Waals surface area contributed by atoms with Crippen LogP contribution in [-0.2, 0) is 0 Å². The van der Waals surface area contributed by atoms with Crippen molar-refractivity contribution in [2.75, 3.05) is 18.4 Å². The Morgan fingerprint density at radius 2 is 1.96 bits per heavy atom. The van der Waals surface area contributed by atoms with E-state index in [2.05, 4.69) is 15.3 Å². The fourth-order valence-electron chi connectivity index (χ4n) is 2.64. The molecule has 1 aliphatic heterocycles. The molecule has 0 saturated carbocycles. The summed E-state index contributed by atoms with van der Waals surface area (Å²) in [7, 11) is 0. The van der Waals surface area contributed by atoms with Crippen LogP contribution in [0.5, 0.6) is 0 Å². The Kier molecular flexibility index (Phi) is 4.76. The van der Waals surface area contributed by atoms with Crippen LogP contribution in [0.1, 0.15) is 35.3 Å². The zero-order valence-electron chi connectivity index (χ0n) is 13.1. The highest BCUT2D eigenvalue weighted by molar-refractivity contribution is 6.31. The molecule has 5 nitrogen and oxygen atoms in total. The van der Waals surface area contributed by atoms with Gasteiger partial charge < -0.3 is 10.2 Å². The molecule has 3 rings (SSSR count). The second-order valence-electron chi connectivity index (χ2n) is 5.68. The second kappa shape index (κ2) is 6.96. The van der Waals surface area contributed by atoms with Gasteiger partial charge in [0, 0.05) is 23.8 Å². The molecule has 0 unspecified atom stereocenters. The summed E-state index contributed by atoms with van der Waals surface area (Å²) in [6.07, 6.45) is 6.42. The normalized spacial score (nSPS) is 14.6. The first-order valence-corrected chi connectivity index (χ1v) is 8.16. The number of amides is 1. The summed E-state index contributed by atoms with van der Waals surface area (Å²) in [6, 6.07) is 5.64. The number of likely N-dealkylation sites (tertiary alicyclic amines) is 1. The summed E-state index contributed by atoms with van der Waals surface area (Å²) in [6.45, 7) is 3.55. The third kappa shape index (κ3) is 3.62. The maximum Gasteiger partial charge on any atom is 0.274 e. The SMILES string of the molecule is Cc1c(Cl)cccc1Nc1cnc(C(=O)N2CCCCC2)cn1. The van der Waals surface area contributed by atoms with Gasteiger partial charge in [-0.25, -0.2) is 9.97 Å². The molecule has 0 bridgehead atoms. The number of aromatic nitrogens is 2. The van der Waals surface area contributed by atoms with E-state index in [0.717, 1.165) is 37.2 Å². The van der Waals surface area contributed by atoms with E-state index < -0.39 is 0 Å². The van der Waals surface area contributed by atoms with Crippen molar-refractivity contribution >= 4 is 29.0 Å². The van der Waals surface area contributed by atoms with Crippen LogP contribution < -0.4 is 5.32 Å². The van der Waals surface area contributed by atoms with Gasteiger partial charge in [-0.2, -0.15) is 0 Å². The summed E-state index contributed by atoms with van der Waals surface area (Å²) in [5, 5.41) is 3.87. The van der Waals surface area contributed by atoms with Crippen LogP contribution in [0.2, 0.25) is 5.02 Å². The van der Waals surface area contributed by atoms with Gasteiger partial charge in [-0.1, -0.05) is 17.7 Å². The van der Waals surface area contributed by atoms with Crippen molar-refractivity contribution in [3.63, 3.8) is 0 Å². The van der Waals surface area contributed by atoms with Gasteiger partial charge in [0.1, 0.15) is 11.5 Å². The molecule has 1 fully saturated rings. The number of nitrogens with one attached hydrogen (secondary N) is 1. The molecule has 1 aromatic heterocycles. The fraction of sp³-hybridized carbons (Fsp3) is 0.353. The smallest absolute Gasteiger partial charge is 0.274 e. The molecule has 2 heterocycles. The van der Waals surface area contributed by atoms with E-state index in [0.29, 0.717) is 16.5 Å². The van der Waals surface area contributed by atoms with Crippen LogP contribution in [0, 0.1) is 6.92 Å². The Hall–Kier alpha value is -2.14. The summed E-state index contributed by atoms with van der Waals surface area (Å²) in [5.74, 6) is 0.549. The number of rotatable bonds is 3. The molecule has 1 aliphatic rings. The zero-order chi connectivity index (χ0) is 16.2. The van der Waals surface area contributed by atoms with Gasteiger partial charge in [0.15, 0.2) is 0 Å². The van der Waals surface area contributed by atoms with Gasteiger partial charge in [-0.05, 0) is 43.9 Å². The van der Waals surface area contributed by atoms with Gasteiger partial charge in [0.2, 0.25) is 0 Å². The molecule has 1 aromatic carbocycles. The largest absolute Gasteiger partial charge is 0.339 e. The zero-order valence-corrected chi connectivity index (χ0v) is 13.8. The van der Waals surface area contributed by atoms with Gasteiger partial charge in [-0.3, -0.25) is 4.79 Å². The minimum atomic E-state index is -0.0392. The number of carbonyl (C=O) groups excluding carboxylic acids is 1. The number of carbonyl (C=O) groups is 1. The van der Waals surface area contributed by atoms with Crippen molar-refractivity contribution in [3.8, 4) is 0 Å². The first kappa shape index (κ1) is 15.7. The average molecular weight is 331 g/mol. The number of benzene rings is 1. The molecule has 6 heteroatoms. The van der Waals surface area contributed by atoms with E-state index in [-0.39, 0.29) is 5.91 Å². The molecule has 120 valence electrons. The van der Waals surface area contributed by atoms with Crippen molar-refractivity contribution in [1.82, 2.24) is 14.9 Å². The Labute approximate surface area is 140 Å². The first-order valence-electron chi connectivity index (χ1n) is 7.78. The van der Waals surface area contributed by atoms with Gasteiger partial charge in [0.05, 0.1) is 12.4 Å². The van der Waals surface area contributed by atoms with Crippen LogP contribution in [-0.4, -0.2) is 33.9 Å². The number of hydrogen-bond donors (Lipinski definition) is 1. The lowest BCUT2D eigenvalue weighted by molar-refractivity contribution is 0.0718. The summed E-state index contributed by atoms with van der Waals surface area (Å²) < 4.78 is 0. The molecule has 1 saturated heterocycles. The number of piperidine rings is 1. The van der Waals surface area contributed by atoms with Gasteiger partial charge in [0.25, 0.3) is 5.91 Å². The third-order valence-electron chi connectivity index (χ3n) is 4.04. The van der Waals surface area contributed by atoms with E-state index in [1.165, 1.54) is 12.6 Å². The van der Waals surface area contributed by atoms with E-state index in [4.69, 9.17) is 11.6 Å². The van der Waals surface area contributed by atoms with Crippen molar-refractivity contribution in [3.05, 3.63) is 46.9 Å². The van der Waals surface area contributed by atoms with Crippen molar-refractivity contribution in [1.29, 1.82) is 0 Å². The standard InChI is InChI=1S/C17H19ClN4O/c1-12-13(18)6-5-7-14(12)21-16-11-19-15(10-20-16)17(23)22-8-3-2-4-9-22/h5-7,10-11H,2-4,8-9H2,1H3,(H,20,21). The van der Waals surface area contributed by atoms with E-state index in [1.807, 2.05) is 30.0 Å². The number of anilines is 2. The molecule has 0 aliphatic carbocycles. The average Bonchev–Trinajstić information content (AvgIpc) is 2.60. The summed E-state index contributed by atoms with van der Waals surface area (Å²) >= 11 is 6.11. The van der Waals surface area contributed by atoms with Gasteiger partial charge >= 0.3 is 0 Å². The Morgan fingerprint density at radius 3 is 2.65 bits per heavy atom. The minimum Gasteiger partial charge on any atom is -0.339 e. The lowest BCUT2D eigenvalue weighted by atomic mass is 10.1. The predicted octanol–water partition coefficient (Wildman–Crippen LogP) is 3.81. The van der Waals surface area contributed by atoms with Crippen LogP contribution >= 0.6 is 11.6 Å². The second-order valence-corrected chi connectivity index (χ2v) is 6.08. The first-order chi connectivity index (χ1) is 11.1. The van der Waals surface area contributed by atoms with Crippen molar-refractivity contribution in [2.45, 2.75) is 26.2 Å². The maximum absolute atomic E-state index is 12.4. The quantitative estimate of drug-likeness (QED) is 0.929. The lowest BCUT2D eigenvalue weighted by Crippen LogP contribution is -2.36. The molecular formula is C17H19ClN4O. The Morgan fingerprint density at radius 1 is 1.17 bits per heavy atom. The highest BCUT2D eigenvalue weighted by Crippen LogP contribution is 2.25. The molecule has 2 aromatic rings. The summed E-state index contributed by atoms with van der Waals surface area (Å²) in [4.78, 5) is 22.8. The molecule has 0 spiro atoms. The highest BCUT2D eigenvalue weighted by Gasteiger charge is 2.19. The number of nitrogens with zero attached hydrogens (tertiary/aromatic N) is 3. The van der Waals surface area contributed by atoms with Crippen LogP contribution in [0.3, 0.4) is 0 Å². The van der Waals surface area contributed by atoms with Crippen LogP contribution in [0.15, 0.2) is 30.6 Å². The highest BCUT2D eigenvalue weighted by atomic mass is 35.5. The molecule has 1 N–H and O–H groups in total. The van der Waals surface area contributed by atoms with E-state index in [1.54, 1.807) is 6.20 Å². The van der Waals surface area contributed by atoms with Crippen molar-refractivity contribution in [2.24, 2.45) is 0 Å². The topological polar surface area (TPSA) is 58.1 Å². The van der Waals surface area contributed by atoms with E-state index >= 15 is 0 Å². The molecule has 0 atom stereocenters. The Bertz CT molecular complexity index is 696. The number of hydrogen-bond acceptors (Lipinski definition) is 4. The number of halogens is 1. The maximum atomic E-state index is 12.4. The molecule has 1 amide bonds. The molecule has 0 radical (unpaired) electrons. The lowest BCUT2D eigenvalue weighted by Gasteiger charge is -2.26. The van der Waals surface area contributed by atoms with E-state index in [9.17, 15) is 4.79 Å². The molecule has 23 heavy (non-hydrogen) atoms. The summed E-state index contributed by atoms with van der Waals surface area (Å²) in [5.41, 5.74) is 2.21. The third-order valence-corrected chi connectivity index (χ3v) is 4.45. The Balaban J connectivity index is 1.71. The van der Waals surface area contributed by atoms with Crippen LogP contribution in [0.25, 0.3) is 0 Å². The monoisotopic (exact) mass is 330 g/mol. The van der Waals surface area contributed by atoms with Gasteiger partial charge in [-0.15, -0.1) is 0 Å². The minimum absolute atomic E-state index is 0.0392. The molecular weight excluding hydrogens is 312 g/mol. The van der Waals surface area contributed by atoms with Crippen molar-refractivity contribution < 1.29 is 4.79 Å². The fourth-order valence-corrected chi connectivity index (χ4v) is 2.82. The van der Waals surface area contributed by atoms with Crippen LogP contribution in [0.4, 0.5) is 11.5 Å².